The fourth-order valence-electron chi connectivity index (χ4n) is 2.38. The third-order valence-electron chi connectivity index (χ3n) is 3.47. The molecule has 1 N–H and O–H groups in total. The van der Waals surface area contributed by atoms with E-state index in [-0.39, 0.29) is 6.04 Å². The number of fused-ring (bicyclic) bond motifs is 1. The van der Waals surface area contributed by atoms with Gasteiger partial charge in [0, 0.05) is 13.0 Å². The summed E-state index contributed by atoms with van der Waals surface area (Å²) in [6.07, 6.45) is 5.22. The Morgan fingerprint density at radius 2 is 2.39 bits per heavy atom. The molecule has 0 aromatic carbocycles. The van der Waals surface area contributed by atoms with Crippen LogP contribution in [0.4, 0.5) is 0 Å². The minimum absolute atomic E-state index is 0.191. The van der Waals surface area contributed by atoms with Crippen LogP contribution in [0, 0.1) is 0 Å². The van der Waals surface area contributed by atoms with Gasteiger partial charge in [0.05, 0.1) is 18.8 Å². The van der Waals surface area contributed by atoms with Crippen LogP contribution in [-0.4, -0.2) is 14.8 Å². The molecule has 0 amide bonds. The van der Waals surface area contributed by atoms with E-state index in [2.05, 4.69) is 27.0 Å². The summed E-state index contributed by atoms with van der Waals surface area (Å²) in [5.41, 5.74) is 0. The maximum absolute atomic E-state index is 5.37. The summed E-state index contributed by atoms with van der Waals surface area (Å²) in [4.78, 5) is 0. The maximum Gasteiger partial charge on any atom is 0.147 e. The predicted octanol–water partition coefficient (Wildman–Crippen LogP) is 2.06. The van der Waals surface area contributed by atoms with Crippen LogP contribution < -0.4 is 5.32 Å². The fraction of sp³-hybridized carbons (Fsp3) is 0.538. The van der Waals surface area contributed by atoms with Crippen LogP contribution in [0.25, 0.3) is 0 Å². The Morgan fingerprint density at radius 3 is 3.22 bits per heavy atom. The highest BCUT2D eigenvalue weighted by atomic mass is 16.3. The Bertz CT molecular complexity index is 503. The number of nitrogens with one attached hydrogen (secondary N) is 1. The zero-order valence-electron chi connectivity index (χ0n) is 10.6. The van der Waals surface area contributed by atoms with Gasteiger partial charge >= 0.3 is 0 Å². The van der Waals surface area contributed by atoms with Crippen LogP contribution in [0.5, 0.6) is 0 Å². The molecule has 1 atom stereocenters. The molecule has 18 heavy (non-hydrogen) atoms. The molecule has 5 nitrogen and oxygen atoms in total. The largest absolute Gasteiger partial charge is 0.468 e. The van der Waals surface area contributed by atoms with Crippen LogP contribution in [-0.2, 0) is 19.5 Å². The first-order valence-corrected chi connectivity index (χ1v) is 6.52. The molecule has 3 rings (SSSR count). The number of hydrogen-bond donors (Lipinski definition) is 1. The Hall–Kier alpha value is -1.62. The van der Waals surface area contributed by atoms with Crippen LogP contribution >= 0.6 is 0 Å². The molecule has 0 unspecified atom stereocenters. The van der Waals surface area contributed by atoms with Gasteiger partial charge in [-0.1, -0.05) is 0 Å². The van der Waals surface area contributed by atoms with Gasteiger partial charge in [-0.25, -0.2) is 0 Å². The second-order valence-corrected chi connectivity index (χ2v) is 4.76. The summed E-state index contributed by atoms with van der Waals surface area (Å²) in [5, 5.41) is 11.9. The van der Waals surface area contributed by atoms with Crippen molar-refractivity contribution in [3.05, 3.63) is 35.8 Å². The van der Waals surface area contributed by atoms with E-state index in [1.807, 2.05) is 12.1 Å². The van der Waals surface area contributed by atoms with Gasteiger partial charge in [-0.2, -0.15) is 0 Å². The molecule has 1 aliphatic rings. The van der Waals surface area contributed by atoms with Gasteiger partial charge in [-0.05, 0) is 31.9 Å². The van der Waals surface area contributed by atoms with Crippen LogP contribution in [0.2, 0.25) is 0 Å². The van der Waals surface area contributed by atoms with Gasteiger partial charge in [-0.15, -0.1) is 10.2 Å². The number of aromatic nitrogens is 3. The number of hydrogen-bond acceptors (Lipinski definition) is 4. The van der Waals surface area contributed by atoms with E-state index in [9.17, 15) is 0 Å². The Balaban J connectivity index is 1.65. The molecule has 3 heterocycles. The lowest BCUT2D eigenvalue weighted by molar-refractivity contribution is 0.419. The Labute approximate surface area is 106 Å². The molecule has 0 radical (unpaired) electrons. The summed E-state index contributed by atoms with van der Waals surface area (Å²) in [6.45, 7) is 3.87. The summed E-state index contributed by atoms with van der Waals surface area (Å²) in [6, 6.07) is 4.08. The van der Waals surface area contributed by atoms with Crippen molar-refractivity contribution in [1.82, 2.24) is 20.1 Å². The third-order valence-corrected chi connectivity index (χ3v) is 3.47. The first-order chi connectivity index (χ1) is 8.84. The van der Waals surface area contributed by atoms with Crippen molar-refractivity contribution in [2.24, 2.45) is 0 Å². The van der Waals surface area contributed by atoms with Crippen molar-refractivity contribution >= 4 is 0 Å². The molecule has 0 bridgehead atoms. The second-order valence-electron chi connectivity index (χ2n) is 4.76. The van der Waals surface area contributed by atoms with E-state index >= 15 is 0 Å². The van der Waals surface area contributed by atoms with E-state index < -0.39 is 0 Å². The smallest absolute Gasteiger partial charge is 0.147 e. The molecule has 0 fully saturated rings. The number of furan rings is 1. The average molecular weight is 246 g/mol. The normalized spacial score (nSPS) is 16.5. The Kier molecular flexibility index (Phi) is 3.15. The van der Waals surface area contributed by atoms with E-state index in [0.29, 0.717) is 0 Å². The van der Waals surface area contributed by atoms with Crippen molar-refractivity contribution in [2.75, 3.05) is 0 Å². The molecular formula is C13H18N4O. The zero-order valence-corrected chi connectivity index (χ0v) is 10.6. The van der Waals surface area contributed by atoms with Crippen LogP contribution in [0.1, 0.15) is 43.2 Å². The van der Waals surface area contributed by atoms with Crippen molar-refractivity contribution < 1.29 is 4.42 Å². The van der Waals surface area contributed by atoms with E-state index in [4.69, 9.17) is 4.42 Å². The van der Waals surface area contributed by atoms with Gasteiger partial charge in [0.25, 0.3) is 0 Å². The zero-order chi connectivity index (χ0) is 12.4. The monoisotopic (exact) mass is 246 g/mol. The van der Waals surface area contributed by atoms with E-state index in [0.717, 1.165) is 36.9 Å². The molecule has 0 aliphatic carbocycles. The van der Waals surface area contributed by atoms with E-state index in [1.165, 1.54) is 12.8 Å². The van der Waals surface area contributed by atoms with Crippen molar-refractivity contribution in [3.8, 4) is 0 Å². The molecule has 1 aliphatic heterocycles. The molecule has 2 aromatic heterocycles. The molecule has 5 heteroatoms. The number of nitrogens with zero attached hydrogens (tertiary/aromatic N) is 3. The third kappa shape index (κ3) is 2.18. The lowest BCUT2D eigenvalue weighted by Gasteiger charge is -2.16. The average Bonchev–Trinajstić information content (AvgIpc) is 3.06. The first kappa shape index (κ1) is 11.5. The Morgan fingerprint density at radius 1 is 1.44 bits per heavy atom. The van der Waals surface area contributed by atoms with Gasteiger partial charge in [0.15, 0.2) is 0 Å². The molecule has 0 spiro atoms. The highest BCUT2D eigenvalue weighted by Gasteiger charge is 2.16. The summed E-state index contributed by atoms with van der Waals surface area (Å²) in [7, 11) is 0. The fourth-order valence-corrected chi connectivity index (χ4v) is 2.38. The van der Waals surface area contributed by atoms with Gasteiger partial charge in [0.1, 0.15) is 17.4 Å². The highest BCUT2D eigenvalue weighted by molar-refractivity contribution is 5.04. The van der Waals surface area contributed by atoms with Crippen LogP contribution in [0.3, 0.4) is 0 Å². The van der Waals surface area contributed by atoms with Crippen LogP contribution in [0.15, 0.2) is 22.8 Å². The summed E-state index contributed by atoms with van der Waals surface area (Å²) in [5.74, 6) is 3.11. The van der Waals surface area contributed by atoms with Crippen molar-refractivity contribution in [2.45, 2.75) is 45.3 Å². The molecule has 0 saturated heterocycles. The quantitative estimate of drug-likeness (QED) is 0.897. The standard InChI is InChI=1S/C13H18N4O/c1-10(11-5-4-8-18-11)14-9-13-16-15-12-6-2-3-7-17(12)13/h4-5,8,10,14H,2-3,6-7,9H2,1H3/t10-/m0/s1. The summed E-state index contributed by atoms with van der Waals surface area (Å²) < 4.78 is 7.61. The lowest BCUT2D eigenvalue weighted by atomic mass is 10.1. The molecule has 96 valence electrons. The SMILES string of the molecule is C[C@H](NCc1nnc2n1CCCC2)c1ccco1. The second kappa shape index (κ2) is 4.94. The van der Waals surface area contributed by atoms with Crippen molar-refractivity contribution in [1.29, 1.82) is 0 Å². The summed E-state index contributed by atoms with van der Waals surface area (Å²) >= 11 is 0. The predicted molar refractivity (Wildman–Crippen MR) is 66.9 cm³/mol. The van der Waals surface area contributed by atoms with Gasteiger partial charge in [-0.3, -0.25) is 0 Å². The lowest BCUT2D eigenvalue weighted by Crippen LogP contribution is -2.22. The van der Waals surface area contributed by atoms with Crippen molar-refractivity contribution in [3.63, 3.8) is 0 Å². The molecule has 0 saturated carbocycles. The highest BCUT2D eigenvalue weighted by Crippen LogP contribution is 2.16. The topological polar surface area (TPSA) is 55.9 Å². The number of rotatable bonds is 4. The minimum Gasteiger partial charge on any atom is -0.468 e. The van der Waals surface area contributed by atoms with Gasteiger partial charge in [0.2, 0.25) is 0 Å². The molecular weight excluding hydrogens is 228 g/mol. The van der Waals surface area contributed by atoms with Gasteiger partial charge < -0.3 is 14.3 Å². The maximum atomic E-state index is 5.37. The first-order valence-electron chi connectivity index (χ1n) is 6.52. The minimum atomic E-state index is 0.191. The molecule has 2 aromatic rings. The number of aryl methyl sites for hydroxylation is 1. The van der Waals surface area contributed by atoms with E-state index in [1.54, 1.807) is 6.26 Å².